The third-order valence-electron chi connectivity index (χ3n) is 4.99. The van der Waals surface area contributed by atoms with Crippen molar-refractivity contribution in [1.82, 2.24) is 10.2 Å². The Morgan fingerprint density at radius 1 is 1.25 bits per heavy atom. The minimum absolute atomic E-state index is 0.415. The molecule has 1 aromatic rings. The van der Waals surface area contributed by atoms with E-state index >= 15 is 0 Å². The van der Waals surface area contributed by atoms with Crippen LogP contribution in [0.5, 0.6) is 0 Å². The second-order valence-corrected chi connectivity index (χ2v) is 7.06. The van der Waals surface area contributed by atoms with Gasteiger partial charge in [-0.2, -0.15) is 0 Å². The van der Waals surface area contributed by atoms with Gasteiger partial charge < -0.3 is 10.2 Å². The molecule has 1 aromatic carbocycles. The molecule has 3 rings (SSSR count). The summed E-state index contributed by atoms with van der Waals surface area (Å²) in [6.07, 6.45) is 10.1. The molecule has 1 fully saturated rings. The maximum Gasteiger partial charge on any atom is 0.221 e. The molecule has 0 saturated carbocycles. The summed E-state index contributed by atoms with van der Waals surface area (Å²) in [7, 11) is 0. The van der Waals surface area contributed by atoms with Crippen molar-refractivity contribution in [3.63, 3.8) is 0 Å². The molecule has 0 aliphatic carbocycles. The van der Waals surface area contributed by atoms with E-state index in [4.69, 9.17) is 4.99 Å². The summed E-state index contributed by atoms with van der Waals surface area (Å²) in [5.41, 5.74) is 2.65. The van der Waals surface area contributed by atoms with Crippen LogP contribution in [0, 0.1) is 17.6 Å². The van der Waals surface area contributed by atoms with Crippen molar-refractivity contribution >= 4 is 11.7 Å². The highest BCUT2D eigenvalue weighted by molar-refractivity contribution is 6.13. The number of hydrogen-bond donors (Lipinski definition) is 1. The Morgan fingerprint density at radius 2 is 1.96 bits per heavy atom. The number of nitrogens with one attached hydrogen (secondary N) is 1. The molecule has 148 valence electrons. The Bertz CT molecular complexity index is 811. The maximum atomic E-state index is 13.4. The highest BCUT2D eigenvalue weighted by atomic mass is 19.1. The summed E-state index contributed by atoms with van der Waals surface area (Å²) in [5.74, 6) is 0.175. The number of allylic oxidation sites excluding steroid dienone is 2. The molecule has 0 amide bonds. The lowest BCUT2D eigenvalue weighted by Crippen LogP contribution is -2.37. The van der Waals surface area contributed by atoms with E-state index in [0.717, 1.165) is 54.8 Å². The molecule has 0 spiro atoms. The van der Waals surface area contributed by atoms with Gasteiger partial charge in [0.05, 0.1) is 12.3 Å². The number of guanidine groups is 1. The topological polar surface area (TPSA) is 40.0 Å². The number of rotatable bonds is 6. The Hall–Kier alpha value is -2.76. The van der Waals surface area contributed by atoms with Crippen LogP contribution in [0.25, 0.3) is 0 Å². The third kappa shape index (κ3) is 5.15. The molecule has 0 unspecified atom stereocenters. The molecule has 28 heavy (non-hydrogen) atoms. The molecular formula is C22H26F2N4. The molecule has 2 aliphatic heterocycles. The molecule has 0 radical (unpaired) electrons. The molecule has 0 aromatic heterocycles. The lowest BCUT2D eigenvalue weighted by atomic mass is 9.90. The van der Waals surface area contributed by atoms with Crippen molar-refractivity contribution in [2.45, 2.75) is 26.2 Å². The molecular weight excluding hydrogens is 358 g/mol. The normalized spacial score (nSPS) is 18.4. The highest BCUT2D eigenvalue weighted by Crippen LogP contribution is 2.24. The average Bonchev–Trinajstić information content (AvgIpc) is 3.15. The van der Waals surface area contributed by atoms with Gasteiger partial charge in [0.15, 0.2) is 0 Å². The van der Waals surface area contributed by atoms with Gasteiger partial charge in [-0.25, -0.2) is 18.8 Å². The molecule has 0 bridgehead atoms. The molecule has 4 nitrogen and oxygen atoms in total. The Morgan fingerprint density at radius 3 is 2.61 bits per heavy atom. The molecule has 1 N–H and O–H groups in total. The summed E-state index contributed by atoms with van der Waals surface area (Å²) in [6.45, 7) is 7.89. The van der Waals surface area contributed by atoms with Crippen LogP contribution < -0.4 is 5.32 Å². The van der Waals surface area contributed by atoms with Gasteiger partial charge in [-0.3, -0.25) is 0 Å². The SMILES string of the molecule is C=CN/C=C(\C=C/C)C1=NC(N2CCC(Cc3cc(F)cc(F)c3)CC2)=NC1. The number of halogens is 2. The van der Waals surface area contributed by atoms with Crippen molar-refractivity contribution in [2.24, 2.45) is 15.9 Å². The van der Waals surface area contributed by atoms with E-state index in [1.165, 1.54) is 12.1 Å². The van der Waals surface area contributed by atoms with Crippen LogP contribution in [-0.2, 0) is 6.42 Å². The zero-order valence-corrected chi connectivity index (χ0v) is 16.2. The Labute approximate surface area is 165 Å². The van der Waals surface area contributed by atoms with Crippen LogP contribution in [0.3, 0.4) is 0 Å². The van der Waals surface area contributed by atoms with Gasteiger partial charge in [0, 0.05) is 30.9 Å². The van der Waals surface area contributed by atoms with E-state index in [0.29, 0.717) is 18.9 Å². The summed E-state index contributed by atoms with van der Waals surface area (Å²) in [6, 6.07) is 3.78. The fourth-order valence-corrected chi connectivity index (χ4v) is 3.62. The fourth-order valence-electron chi connectivity index (χ4n) is 3.62. The predicted octanol–water partition coefficient (Wildman–Crippen LogP) is 4.22. The van der Waals surface area contributed by atoms with Gasteiger partial charge in [-0.15, -0.1) is 0 Å². The predicted molar refractivity (Wildman–Crippen MR) is 110 cm³/mol. The van der Waals surface area contributed by atoms with Gasteiger partial charge in [0.1, 0.15) is 11.6 Å². The van der Waals surface area contributed by atoms with Crippen LogP contribution in [-0.4, -0.2) is 36.2 Å². The first-order valence-electron chi connectivity index (χ1n) is 9.61. The fraction of sp³-hybridized carbons (Fsp3) is 0.364. The van der Waals surface area contributed by atoms with Crippen molar-refractivity contribution in [3.05, 3.63) is 72.1 Å². The van der Waals surface area contributed by atoms with E-state index in [-0.39, 0.29) is 0 Å². The highest BCUT2D eigenvalue weighted by Gasteiger charge is 2.24. The summed E-state index contributed by atoms with van der Waals surface area (Å²) < 4.78 is 26.8. The number of benzene rings is 1. The van der Waals surface area contributed by atoms with E-state index in [1.807, 2.05) is 25.3 Å². The van der Waals surface area contributed by atoms with E-state index in [9.17, 15) is 8.78 Å². The average molecular weight is 384 g/mol. The van der Waals surface area contributed by atoms with Gasteiger partial charge in [-0.05, 0) is 56.0 Å². The smallest absolute Gasteiger partial charge is 0.221 e. The Kier molecular flexibility index (Phi) is 6.74. The minimum atomic E-state index is -0.509. The number of hydrogen-bond acceptors (Lipinski definition) is 4. The Balaban J connectivity index is 1.57. The number of likely N-dealkylation sites (tertiary alicyclic amines) is 1. The van der Waals surface area contributed by atoms with Crippen molar-refractivity contribution < 1.29 is 8.78 Å². The van der Waals surface area contributed by atoms with Gasteiger partial charge >= 0.3 is 0 Å². The van der Waals surface area contributed by atoms with Crippen molar-refractivity contribution in [1.29, 1.82) is 0 Å². The lowest BCUT2D eigenvalue weighted by molar-refractivity contribution is 0.263. The van der Waals surface area contributed by atoms with Crippen molar-refractivity contribution in [2.75, 3.05) is 19.6 Å². The zero-order valence-electron chi connectivity index (χ0n) is 16.2. The number of aliphatic imine (C=N–C) groups is 2. The van der Waals surface area contributed by atoms with E-state index < -0.39 is 11.6 Å². The molecule has 6 heteroatoms. The molecule has 0 atom stereocenters. The minimum Gasteiger partial charge on any atom is -0.368 e. The van der Waals surface area contributed by atoms with Crippen LogP contribution in [0.15, 0.2) is 64.9 Å². The monoisotopic (exact) mass is 384 g/mol. The quantitative estimate of drug-likeness (QED) is 0.746. The summed E-state index contributed by atoms with van der Waals surface area (Å²) in [4.78, 5) is 11.5. The summed E-state index contributed by atoms with van der Waals surface area (Å²) in [5, 5.41) is 2.99. The largest absolute Gasteiger partial charge is 0.368 e. The maximum absolute atomic E-state index is 13.4. The zero-order chi connectivity index (χ0) is 19.9. The van der Waals surface area contributed by atoms with Gasteiger partial charge in [0.2, 0.25) is 5.96 Å². The molecule has 2 aliphatic rings. The van der Waals surface area contributed by atoms with Crippen molar-refractivity contribution in [3.8, 4) is 0 Å². The van der Waals surface area contributed by atoms with Gasteiger partial charge in [-0.1, -0.05) is 18.7 Å². The summed E-state index contributed by atoms with van der Waals surface area (Å²) >= 11 is 0. The molecule has 2 heterocycles. The van der Waals surface area contributed by atoms with E-state index in [1.54, 1.807) is 6.20 Å². The first kappa shape index (κ1) is 20.0. The van der Waals surface area contributed by atoms with Crippen LogP contribution >= 0.6 is 0 Å². The van der Waals surface area contributed by atoms with Crippen LogP contribution in [0.4, 0.5) is 8.78 Å². The first-order chi connectivity index (χ1) is 13.6. The van der Waals surface area contributed by atoms with E-state index in [2.05, 4.69) is 21.8 Å². The second kappa shape index (κ2) is 9.44. The second-order valence-electron chi connectivity index (χ2n) is 7.06. The van der Waals surface area contributed by atoms with Crippen LogP contribution in [0.1, 0.15) is 25.3 Å². The standard InChI is InChI=1S/C22H26F2N4/c1-3-5-18(14-25-4-2)21-15-26-22(27-21)28-8-6-16(7-9-28)10-17-11-19(23)13-20(24)12-17/h3-5,11-14,16,25H,2,6-10,15H2,1H3/b5-3-,18-14+. The number of piperidine rings is 1. The van der Waals surface area contributed by atoms with Gasteiger partial charge in [0.25, 0.3) is 0 Å². The lowest BCUT2D eigenvalue weighted by Gasteiger charge is -2.32. The van der Waals surface area contributed by atoms with Crippen LogP contribution in [0.2, 0.25) is 0 Å². The number of nitrogens with zero attached hydrogens (tertiary/aromatic N) is 3. The first-order valence-corrected chi connectivity index (χ1v) is 9.61. The third-order valence-corrected chi connectivity index (χ3v) is 4.99. The molecule has 1 saturated heterocycles.